The SMILES string of the molecule is NS(=O)(=O)c1ccc(NC(CCO)c2cccs2)cc1C(F)(F)F. The molecule has 132 valence electrons. The first-order valence-electron chi connectivity index (χ1n) is 6.78. The lowest BCUT2D eigenvalue weighted by Gasteiger charge is -2.20. The first-order valence-corrected chi connectivity index (χ1v) is 9.20. The molecule has 10 heteroatoms. The molecule has 5 nitrogen and oxygen atoms in total. The zero-order chi connectivity index (χ0) is 18.0. The van der Waals surface area contributed by atoms with Gasteiger partial charge in [-0.3, -0.25) is 0 Å². The number of primary sulfonamides is 1. The lowest BCUT2D eigenvalue weighted by molar-refractivity contribution is -0.139. The van der Waals surface area contributed by atoms with E-state index < -0.39 is 32.7 Å². The zero-order valence-corrected chi connectivity index (χ0v) is 13.9. The van der Waals surface area contributed by atoms with E-state index in [9.17, 15) is 21.6 Å². The number of aliphatic hydroxyl groups excluding tert-OH is 1. The number of thiophene rings is 1. The minimum atomic E-state index is -4.87. The number of sulfonamides is 1. The maximum Gasteiger partial charge on any atom is 0.417 e. The fourth-order valence-corrected chi connectivity index (χ4v) is 3.75. The Kier molecular flexibility index (Phi) is 5.53. The molecule has 0 saturated carbocycles. The van der Waals surface area contributed by atoms with Gasteiger partial charge in [-0.05, 0) is 36.1 Å². The van der Waals surface area contributed by atoms with E-state index in [-0.39, 0.29) is 12.3 Å². The molecule has 1 heterocycles. The van der Waals surface area contributed by atoms with E-state index in [2.05, 4.69) is 5.32 Å². The molecule has 1 unspecified atom stereocenters. The average molecular weight is 380 g/mol. The molecule has 2 aromatic rings. The van der Waals surface area contributed by atoms with Gasteiger partial charge in [0.15, 0.2) is 0 Å². The summed E-state index contributed by atoms with van der Waals surface area (Å²) >= 11 is 1.40. The highest BCUT2D eigenvalue weighted by molar-refractivity contribution is 7.89. The van der Waals surface area contributed by atoms with Gasteiger partial charge in [-0.2, -0.15) is 13.2 Å². The lowest BCUT2D eigenvalue weighted by Crippen LogP contribution is -2.20. The van der Waals surface area contributed by atoms with Crippen molar-refractivity contribution < 1.29 is 26.7 Å². The molecule has 1 aromatic carbocycles. The predicted octanol–water partition coefficient (Wildman–Crippen LogP) is 2.95. The third-order valence-electron chi connectivity index (χ3n) is 3.24. The fraction of sp³-hybridized carbons (Fsp3) is 0.286. The summed E-state index contributed by atoms with van der Waals surface area (Å²) in [5.74, 6) is 0. The number of hydrogen-bond acceptors (Lipinski definition) is 5. The van der Waals surface area contributed by atoms with Crippen LogP contribution in [0.15, 0.2) is 40.6 Å². The summed E-state index contributed by atoms with van der Waals surface area (Å²) in [6, 6.07) is 5.94. The van der Waals surface area contributed by atoms with Gasteiger partial charge >= 0.3 is 6.18 Å². The van der Waals surface area contributed by atoms with Crippen LogP contribution in [-0.4, -0.2) is 20.1 Å². The monoisotopic (exact) mass is 380 g/mol. The molecular weight excluding hydrogens is 365 g/mol. The van der Waals surface area contributed by atoms with Crippen molar-refractivity contribution in [1.29, 1.82) is 0 Å². The standard InChI is InChI=1S/C14H15F3N2O3S2/c15-14(16,17)10-8-9(3-4-13(10)24(18,21)22)19-11(5-6-20)12-2-1-7-23-12/h1-4,7-8,11,19-20H,5-6H2,(H2,18,21,22). The minimum Gasteiger partial charge on any atom is -0.396 e. The van der Waals surface area contributed by atoms with Gasteiger partial charge in [-0.1, -0.05) is 6.07 Å². The molecule has 2 rings (SSSR count). The van der Waals surface area contributed by atoms with Crippen LogP contribution in [0.2, 0.25) is 0 Å². The van der Waals surface area contributed by atoms with Gasteiger partial charge in [-0.15, -0.1) is 11.3 Å². The number of nitrogens with two attached hydrogens (primary N) is 1. The summed E-state index contributed by atoms with van der Waals surface area (Å²) in [5.41, 5.74) is -1.24. The Morgan fingerprint density at radius 1 is 1.29 bits per heavy atom. The van der Waals surface area contributed by atoms with E-state index in [1.54, 1.807) is 12.1 Å². The summed E-state index contributed by atoms with van der Waals surface area (Å²) in [4.78, 5) is -0.136. The number of halogens is 3. The Bertz CT molecular complexity index is 790. The molecule has 1 atom stereocenters. The van der Waals surface area contributed by atoms with Crippen molar-refractivity contribution in [2.24, 2.45) is 5.14 Å². The highest BCUT2D eigenvalue weighted by atomic mass is 32.2. The fourth-order valence-electron chi connectivity index (χ4n) is 2.19. The smallest absolute Gasteiger partial charge is 0.396 e. The Morgan fingerprint density at radius 3 is 2.50 bits per heavy atom. The Balaban J connectivity index is 2.41. The zero-order valence-electron chi connectivity index (χ0n) is 12.2. The Hall–Kier alpha value is -1.62. The van der Waals surface area contributed by atoms with Crippen molar-refractivity contribution >= 4 is 27.0 Å². The maximum absolute atomic E-state index is 13.1. The summed E-state index contributed by atoms with van der Waals surface area (Å²) in [5, 5.41) is 18.7. The van der Waals surface area contributed by atoms with Gasteiger partial charge in [-0.25, -0.2) is 13.6 Å². The van der Waals surface area contributed by atoms with E-state index in [1.165, 1.54) is 17.4 Å². The number of hydrogen-bond donors (Lipinski definition) is 3. The molecule has 0 saturated heterocycles. The van der Waals surface area contributed by atoms with Gasteiger partial charge < -0.3 is 10.4 Å². The molecule has 1 aromatic heterocycles. The Morgan fingerprint density at radius 2 is 2.00 bits per heavy atom. The molecule has 24 heavy (non-hydrogen) atoms. The second-order valence-electron chi connectivity index (χ2n) is 4.98. The molecule has 0 bridgehead atoms. The average Bonchev–Trinajstić information content (AvgIpc) is 2.99. The second kappa shape index (κ2) is 7.09. The van der Waals surface area contributed by atoms with Crippen LogP contribution in [0.1, 0.15) is 22.9 Å². The molecule has 0 aliphatic carbocycles. The van der Waals surface area contributed by atoms with Crippen LogP contribution in [0, 0.1) is 0 Å². The Labute approximate surface area is 141 Å². The van der Waals surface area contributed by atoms with Crippen molar-refractivity contribution in [3.8, 4) is 0 Å². The van der Waals surface area contributed by atoms with E-state index in [0.717, 1.165) is 10.9 Å². The molecule has 0 radical (unpaired) electrons. The van der Waals surface area contributed by atoms with E-state index in [4.69, 9.17) is 10.2 Å². The van der Waals surface area contributed by atoms with Crippen molar-refractivity contribution in [3.63, 3.8) is 0 Å². The quantitative estimate of drug-likeness (QED) is 0.718. The normalized spacial score (nSPS) is 13.7. The molecule has 0 aliphatic heterocycles. The van der Waals surface area contributed by atoms with Crippen LogP contribution >= 0.6 is 11.3 Å². The summed E-state index contributed by atoms with van der Waals surface area (Å²) in [6.07, 6.45) is -4.58. The number of alkyl halides is 3. The molecular formula is C14H15F3N2O3S2. The van der Waals surface area contributed by atoms with Crippen LogP contribution in [0.25, 0.3) is 0 Å². The third kappa shape index (κ3) is 4.47. The molecule has 0 aliphatic rings. The molecule has 4 N–H and O–H groups in total. The van der Waals surface area contributed by atoms with E-state index >= 15 is 0 Å². The maximum atomic E-state index is 13.1. The highest BCUT2D eigenvalue weighted by Gasteiger charge is 2.36. The van der Waals surface area contributed by atoms with Crippen molar-refractivity contribution in [2.45, 2.75) is 23.5 Å². The first-order chi connectivity index (χ1) is 11.1. The summed E-state index contributed by atoms with van der Waals surface area (Å²) < 4.78 is 62.1. The van der Waals surface area contributed by atoms with Crippen LogP contribution in [0.4, 0.5) is 18.9 Å². The molecule has 0 amide bonds. The second-order valence-corrected chi connectivity index (χ2v) is 7.49. The van der Waals surface area contributed by atoms with Crippen LogP contribution in [0.5, 0.6) is 0 Å². The molecule has 0 fully saturated rings. The largest absolute Gasteiger partial charge is 0.417 e. The third-order valence-corrected chi connectivity index (χ3v) is 5.19. The first kappa shape index (κ1) is 18.7. The van der Waals surface area contributed by atoms with Gasteiger partial charge in [0.1, 0.15) is 0 Å². The van der Waals surface area contributed by atoms with Crippen molar-refractivity contribution in [1.82, 2.24) is 0 Å². The number of nitrogens with one attached hydrogen (secondary N) is 1. The van der Waals surface area contributed by atoms with Crippen LogP contribution in [-0.2, 0) is 16.2 Å². The minimum absolute atomic E-state index is 0.0848. The van der Waals surface area contributed by atoms with Crippen molar-refractivity contribution in [3.05, 3.63) is 46.2 Å². The molecule has 0 spiro atoms. The van der Waals surface area contributed by atoms with E-state index in [1.807, 2.05) is 5.38 Å². The predicted molar refractivity (Wildman–Crippen MR) is 85.2 cm³/mol. The van der Waals surface area contributed by atoms with Gasteiger partial charge in [0.25, 0.3) is 0 Å². The van der Waals surface area contributed by atoms with Crippen molar-refractivity contribution in [2.75, 3.05) is 11.9 Å². The highest BCUT2D eigenvalue weighted by Crippen LogP contribution is 2.36. The van der Waals surface area contributed by atoms with Gasteiger partial charge in [0.05, 0.1) is 16.5 Å². The number of aliphatic hydroxyl groups is 1. The summed E-state index contributed by atoms with van der Waals surface area (Å²) in [6.45, 7) is -0.156. The number of anilines is 1. The van der Waals surface area contributed by atoms with Crippen LogP contribution < -0.4 is 10.5 Å². The van der Waals surface area contributed by atoms with Crippen LogP contribution in [0.3, 0.4) is 0 Å². The number of rotatable bonds is 6. The summed E-state index contributed by atoms with van der Waals surface area (Å²) in [7, 11) is -4.50. The topological polar surface area (TPSA) is 92.4 Å². The number of benzene rings is 1. The lowest BCUT2D eigenvalue weighted by atomic mass is 10.1. The van der Waals surface area contributed by atoms with Gasteiger partial charge in [0.2, 0.25) is 10.0 Å². The van der Waals surface area contributed by atoms with E-state index in [0.29, 0.717) is 12.5 Å². The van der Waals surface area contributed by atoms with Gasteiger partial charge in [0, 0.05) is 17.2 Å².